The second kappa shape index (κ2) is 7.71. The first kappa shape index (κ1) is 17.4. The van der Waals surface area contributed by atoms with Gasteiger partial charge in [0.15, 0.2) is 6.61 Å². The van der Waals surface area contributed by atoms with E-state index in [9.17, 15) is 9.59 Å². The fraction of sp³-hybridized carbons (Fsp3) is 0.263. The highest BCUT2D eigenvalue weighted by Gasteiger charge is 2.36. The van der Waals surface area contributed by atoms with Crippen molar-refractivity contribution < 1.29 is 18.7 Å². The minimum Gasteiger partial charge on any atom is -0.454 e. The smallest absolute Gasteiger partial charge is 0.329 e. The molecule has 0 bridgehead atoms. The number of hydrogen-bond acceptors (Lipinski definition) is 7. The van der Waals surface area contributed by atoms with Gasteiger partial charge in [0.1, 0.15) is 6.04 Å². The molecule has 0 spiro atoms. The third-order valence-corrected chi connectivity index (χ3v) is 5.20. The molecule has 0 radical (unpaired) electrons. The van der Waals surface area contributed by atoms with Crippen molar-refractivity contribution in [3.8, 4) is 11.5 Å². The van der Waals surface area contributed by atoms with Crippen LogP contribution in [0.25, 0.3) is 11.5 Å². The summed E-state index contributed by atoms with van der Waals surface area (Å²) in [6.45, 7) is 0.436. The molecule has 0 N–H and O–H groups in total. The first-order valence-electron chi connectivity index (χ1n) is 8.61. The lowest BCUT2D eigenvalue weighted by molar-refractivity contribution is -0.150. The number of ether oxygens (including phenoxy) is 1. The Balaban J connectivity index is 1.38. The zero-order chi connectivity index (χ0) is 18.6. The lowest BCUT2D eigenvalue weighted by atomic mass is 10.2. The van der Waals surface area contributed by atoms with E-state index in [0.29, 0.717) is 23.7 Å². The van der Waals surface area contributed by atoms with Gasteiger partial charge in [0, 0.05) is 12.1 Å². The van der Waals surface area contributed by atoms with Gasteiger partial charge in [0.05, 0.1) is 4.88 Å². The van der Waals surface area contributed by atoms with Crippen LogP contribution in [0.15, 0.2) is 52.3 Å². The molecule has 1 aliphatic rings. The molecule has 0 unspecified atom stereocenters. The molecule has 1 aromatic carbocycles. The van der Waals surface area contributed by atoms with Gasteiger partial charge in [-0.2, -0.15) is 0 Å². The van der Waals surface area contributed by atoms with Gasteiger partial charge in [-0.15, -0.1) is 21.5 Å². The minimum absolute atomic E-state index is 0.115. The SMILES string of the molecule is O=C(OCc1nnc(-c2ccccc2)o1)[C@@H]1CCCN1C(=O)c1cccs1. The highest BCUT2D eigenvalue weighted by molar-refractivity contribution is 7.12. The molecule has 1 fully saturated rings. The van der Waals surface area contributed by atoms with Gasteiger partial charge in [-0.05, 0) is 36.4 Å². The molecule has 3 heterocycles. The van der Waals surface area contributed by atoms with Gasteiger partial charge in [0.2, 0.25) is 5.89 Å². The first-order chi connectivity index (χ1) is 13.2. The largest absolute Gasteiger partial charge is 0.454 e. The Kier molecular flexibility index (Phi) is 4.97. The Bertz CT molecular complexity index is 924. The number of amides is 1. The van der Waals surface area contributed by atoms with E-state index in [2.05, 4.69) is 10.2 Å². The fourth-order valence-electron chi connectivity index (χ4n) is 3.03. The van der Waals surface area contributed by atoms with Crippen molar-refractivity contribution >= 4 is 23.2 Å². The normalized spacial score (nSPS) is 16.4. The van der Waals surface area contributed by atoms with Crippen LogP contribution in [0, 0.1) is 0 Å². The van der Waals surface area contributed by atoms with E-state index < -0.39 is 12.0 Å². The average Bonchev–Trinajstić information content (AvgIpc) is 3.47. The van der Waals surface area contributed by atoms with Crippen LogP contribution in [0.2, 0.25) is 0 Å². The summed E-state index contributed by atoms with van der Waals surface area (Å²) in [5.41, 5.74) is 0.797. The Labute approximate surface area is 159 Å². The van der Waals surface area contributed by atoms with Gasteiger partial charge < -0.3 is 14.1 Å². The molecule has 0 saturated carbocycles. The number of thiophene rings is 1. The third kappa shape index (κ3) is 3.75. The van der Waals surface area contributed by atoms with Crippen LogP contribution < -0.4 is 0 Å². The predicted octanol–water partition coefficient (Wildman–Crippen LogP) is 3.15. The number of rotatable bonds is 5. The van der Waals surface area contributed by atoms with Gasteiger partial charge in [-0.25, -0.2) is 4.79 Å². The van der Waals surface area contributed by atoms with Crippen molar-refractivity contribution in [1.82, 2.24) is 15.1 Å². The van der Waals surface area contributed by atoms with E-state index in [1.54, 1.807) is 11.0 Å². The standard InChI is InChI=1S/C19H17N3O4S/c23-18(15-9-5-11-27-15)22-10-4-8-14(22)19(24)25-12-16-20-21-17(26-16)13-6-2-1-3-7-13/h1-3,5-7,9,11,14H,4,8,10,12H2/t14-/m0/s1. The molecule has 7 nitrogen and oxygen atoms in total. The van der Waals surface area contributed by atoms with Crippen molar-refractivity contribution in [3.63, 3.8) is 0 Å². The molecule has 27 heavy (non-hydrogen) atoms. The van der Waals surface area contributed by atoms with E-state index in [4.69, 9.17) is 9.15 Å². The maximum Gasteiger partial charge on any atom is 0.329 e. The highest BCUT2D eigenvalue weighted by Crippen LogP contribution is 2.24. The van der Waals surface area contributed by atoms with Crippen LogP contribution in [0.1, 0.15) is 28.4 Å². The predicted molar refractivity (Wildman–Crippen MR) is 97.9 cm³/mol. The highest BCUT2D eigenvalue weighted by atomic mass is 32.1. The summed E-state index contributed by atoms with van der Waals surface area (Å²) >= 11 is 1.37. The number of carbonyl (C=O) groups excluding carboxylic acids is 2. The zero-order valence-electron chi connectivity index (χ0n) is 14.4. The lowest BCUT2D eigenvalue weighted by Crippen LogP contribution is -2.41. The molecule has 0 aliphatic carbocycles. The summed E-state index contributed by atoms with van der Waals surface area (Å²) in [5.74, 6) is 0.0128. The Hall–Kier alpha value is -3.00. The minimum atomic E-state index is -0.573. The van der Waals surface area contributed by atoms with Crippen LogP contribution in [-0.4, -0.2) is 39.6 Å². The molecule has 1 saturated heterocycles. The number of carbonyl (C=O) groups is 2. The van der Waals surface area contributed by atoms with Crippen molar-refractivity contribution in [3.05, 3.63) is 58.6 Å². The molecular weight excluding hydrogens is 366 g/mol. The first-order valence-corrected chi connectivity index (χ1v) is 9.49. The topological polar surface area (TPSA) is 85.5 Å². The van der Waals surface area contributed by atoms with Crippen LogP contribution in [0.3, 0.4) is 0 Å². The van der Waals surface area contributed by atoms with Crippen molar-refractivity contribution in [2.75, 3.05) is 6.54 Å². The van der Waals surface area contributed by atoms with E-state index >= 15 is 0 Å². The van der Waals surface area contributed by atoms with Gasteiger partial charge >= 0.3 is 5.97 Å². The van der Waals surface area contributed by atoms with Crippen LogP contribution in [0.4, 0.5) is 0 Å². The molecule has 4 rings (SSSR count). The maximum atomic E-state index is 12.5. The number of likely N-dealkylation sites (tertiary alicyclic amines) is 1. The second-order valence-electron chi connectivity index (χ2n) is 6.11. The third-order valence-electron chi connectivity index (χ3n) is 4.34. The summed E-state index contributed by atoms with van der Waals surface area (Å²) in [6, 6.07) is 12.4. The Morgan fingerprint density at radius 3 is 2.81 bits per heavy atom. The summed E-state index contributed by atoms with van der Waals surface area (Å²) in [6.07, 6.45) is 1.37. The van der Waals surface area contributed by atoms with Gasteiger partial charge in [0.25, 0.3) is 11.8 Å². The molecule has 1 atom stereocenters. The lowest BCUT2D eigenvalue weighted by Gasteiger charge is -2.22. The second-order valence-corrected chi connectivity index (χ2v) is 7.06. The van der Waals surface area contributed by atoms with E-state index in [1.807, 2.05) is 41.8 Å². The molecule has 1 amide bonds. The van der Waals surface area contributed by atoms with Gasteiger partial charge in [-0.1, -0.05) is 24.3 Å². The summed E-state index contributed by atoms with van der Waals surface area (Å²) < 4.78 is 10.9. The molecule has 8 heteroatoms. The Morgan fingerprint density at radius 2 is 2.04 bits per heavy atom. The average molecular weight is 383 g/mol. The Morgan fingerprint density at radius 1 is 1.19 bits per heavy atom. The van der Waals surface area contributed by atoms with Crippen molar-refractivity contribution in [2.45, 2.75) is 25.5 Å². The van der Waals surface area contributed by atoms with Gasteiger partial charge in [-0.3, -0.25) is 4.79 Å². The number of nitrogens with zero attached hydrogens (tertiary/aromatic N) is 3. The fourth-order valence-corrected chi connectivity index (χ4v) is 3.71. The summed E-state index contributed by atoms with van der Waals surface area (Å²) in [7, 11) is 0. The van der Waals surface area contributed by atoms with E-state index in [1.165, 1.54) is 11.3 Å². The molecule has 2 aromatic heterocycles. The van der Waals surface area contributed by atoms with Crippen LogP contribution in [0.5, 0.6) is 0 Å². The number of benzene rings is 1. The van der Waals surface area contributed by atoms with Crippen molar-refractivity contribution in [1.29, 1.82) is 0 Å². The van der Waals surface area contributed by atoms with Crippen LogP contribution >= 0.6 is 11.3 Å². The van der Waals surface area contributed by atoms with Crippen molar-refractivity contribution in [2.24, 2.45) is 0 Å². The summed E-state index contributed by atoms with van der Waals surface area (Å²) in [4.78, 5) is 27.2. The molecule has 138 valence electrons. The zero-order valence-corrected chi connectivity index (χ0v) is 15.2. The number of esters is 1. The van der Waals surface area contributed by atoms with Crippen LogP contribution in [-0.2, 0) is 16.1 Å². The maximum absolute atomic E-state index is 12.5. The molecule has 1 aliphatic heterocycles. The monoisotopic (exact) mass is 383 g/mol. The summed E-state index contributed by atoms with van der Waals surface area (Å²) in [5, 5.41) is 9.72. The molecule has 3 aromatic rings. The number of aromatic nitrogens is 2. The number of hydrogen-bond donors (Lipinski definition) is 0. The quantitative estimate of drug-likeness (QED) is 0.629. The van der Waals surface area contributed by atoms with E-state index in [0.717, 1.165) is 12.0 Å². The van der Waals surface area contributed by atoms with E-state index in [-0.39, 0.29) is 18.4 Å². The molecular formula is C19H17N3O4S.